The Morgan fingerprint density at radius 2 is 2.00 bits per heavy atom. The zero-order valence-corrected chi connectivity index (χ0v) is 18.0. The van der Waals surface area contributed by atoms with E-state index in [0.717, 1.165) is 19.4 Å². The van der Waals surface area contributed by atoms with E-state index in [0.29, 0.717) is 22.0 Å². The van der Waals surface area contributed by atoms with Crippen LogP contribution in [0.25, 0.3) is 0 Å². The maximum absolute atomic E-state index is 12.6. The molecule has 1 amide bonds. The average molecular weight is 438 g/mol. The molecule has 1 saturated carbocycles. The Kier molecular flexibility index (Phi) is 8.29. The molecular formula is C19H27AsN2O5. The predicted octanol–water partition coefficient (Wildman–Crippen LogP) is 2.43. The number of nitrogens with zero attached hydrogens (tertiary/aromatic N) is 2. The summed E-state index contributed by atoms with van der Waals surface area (Å²) in [5.41, 5.74) is 0.120. The number of carbonyl (C=O) groups excluding carboxylic acids is 2. The molecule has 1 aromatic carbocycles. The van der Waals surface area contributed by atoms with E-state index in [1.807, 2.05) is 11.8 Å². The quantitative estimate of drug-likeness (QED) is 0.269. The first-order valence-electron chi connectivity index (χ1n) is 9.38. The second kappa shape index (κ2) is 10.5. The van der Waals surface area contributed by atoms with Gasteiger partial charge in [-0.25, -0.2) is 0 Å². The van der Waals surface area contributed by atoms with Crippen molar-refractivity contribution in [2.24, 2.45) is 0 Å². The van der Waals surface area contributed by atoms with E-state index in [1.165, 1.54) is 32.4 Å². The van der Waals surface area contributed by atoms with Crippen molar-refractivity contribution in [1.29, 1.82) is 0 Å². The van der Waals surface area contributed by atoms with Crippen LogP contribution >= 0.6 is 0 Å². The molecule has 8 heteroatoms. The van der Waals surface area contributed by atoms with Gasteiger partial charge in [-0.05, 0) is 0 Å². The Hall–Kier alpha value is -1.88. The van der Waals surface area contributed by atoms with Crippen LogP contribution in [0, 0.1) is 10.1 Å². The van der Waals surface area contributed by atoms with Gasteiger partial charge in [-0.3, -0.25) is 0 Å². The molecule has 1 unspecified atom stereocenters. The third kappa shape index (κ3) is 5.80. The Labute approximate surface area is 166 Å². The SMILES string of the molecule is CCN(C(=O)CC[AsH]c1ccc(C(=O)OC)cc1[N+](=O)[O-])C1CCCCC1. The van der Waals surface area contributed by atoms with Gasteiger partial charge in [0.1, 0.15) is 0 Å². The molecule has 0 spiro atoms. The molecule has 0 saturated heterocycles. The molecule has 1 atom stereocenters. The number of carbonyl (C=O) groups is 2. The van der Waals surface area contributed by atoms with Gasteiger partial charge in [0.05, 0.1) is 0 Å². The zero-order chi connectivity index (χ0) is 19.8. The number of amides is 1. The minimum absolute atomic E-state index is 0.0509. The van der Waals surface area contributed by atoms with Gasteiger partial charge in [0, 0.05) is 0 Å². The van der Waals surface area contributed by atoms with Gasteiger partial charge in [-0.2, -0.15) is 0 Å². The zero-order valence-electron chi connectivity index (χ0n) is 15.9. The first-order valence-corrected chi connectivity index (χ1v) is 11.9. The van der Waals surface area contributed by atoms with Crippen molar-refractivity contribution < 1.29 is 19.2 Å². The van der Waals surface area contributed by atoms with Crippen LogP contribution in [0.5, 0.6) is 0 Å². The third-order valence-corrected chi connectivity index (χ3v) is 7.68. The molecule has 7 nitrogen and oxygen atoms in total. The average Bonchev–Trinajstić information content (AvgIpc) is 2.68. The Bertz CT molecular complexity index is 689. The Morgan fingerprint density at radius 3 is 2.59 bits per heavy atom. The molecule has 0 radical (unpaired) electrons. The van der Waals surface area contributed by atoms with Crippen molar-refractivity contribution in [2.75, 3.05) is 13.7 Å². The topological polar surface area (TPSA) is 89.8 Å². The Balaban J connectivity index is 1.98. The van der Waals surface area contributed by atoms with E-state index in [2.05, 4.69) is 4.74 Å². The number of hydrogen-bond acceptors (Lipinski definition) is 5. The van der Waals surface area contributed by atoms with E-state index >= 15 is 0 Å². The summed E-state index contributed by atoms with van der Waals surface area (Å²) in [5, 5.41) is 12.0. The minimum atomic E-state index is -0.842. The van der Waals surface area contributed by atoms with Gasteiger partial charge in [0.15, 0.2) is 0 Å². The van der Waals surface area contributed by atoms with Crippen LogP contribution < -0.4 is 4.35 Å². The summed E-state index contributed by atoms with van der Waals surface area (Å²) < 4.78 is 5.27. The normalized spacial score (nSPS) is 15.0. The summed E-state index contributed by atoms with van der Waals surface area (Å²) in [6, 6.07) is 4.81. The maximum atomic E-state index is 12.6. The van der Waals surface area contributed by atoms with Crippen molar-refractivity contribution in [3.8, 4) is 0 Å². The molecule has 1 aliphatic rings. The molecule has 0 aliphatic heterocycles. The van der Waals surface area contributed by atoms with Crippen LogP contribution in [0.3, 0.4) is 0 Å². The molecule has 1 fully saturated rings. The fourth-order valence-corrected chi connectivity index (χ4v) is 5.98. The van der Waals surface area contributed by atoms with E-state index in [-0.39, 0.29) is 17.2 Å². The number of rotatable bonds is 8. The molecule has 148 valence electrons. The number of nitro benzene ring substituents is 1. The molecule has 2 rings (SSSR count). The van der Waals surface area contributed by atoms with Gasteiger partial charge in [0.25, 0.3) is 0 Å². The summed E-state index contributed by atoms with van der Waals surface area (Å²) >= 11 is -0.842. The molecule has 1 aromatic rings. The van der Waals surface area contributed by atoms with Crippen LogP contribution in [0.1, 0.15) is 55.8 Å². The number of hydrogen-bond donors (Lipinski definition) is 0. The molecular weight excluding hydrogens is 411 g/mol. The first kappa shape index (κ1) is 21.4. The number of ether oxygens (including phenoxy) is 1. The summed E-state index contributed by atoms with van der Waals surface area (Å²) in [4.78, 5) is 37.1. The number of benzene rings is 1. The number of methoxy groups -OCH3 is 1. The van der Waals surface area contributed by atoms with Gasteiger partial charge < -0.3 is 0 Å². The standard InChI is InChI=1S/C19H27AsN2O5/c1-3-21(15-7-5-4-6-8-15)18(23)11-12-20-16-10-9-14(19(24)27-2)13-17(16)22(25)26/h9-10,13,15,20H,3-8,11-12H2,1-2H3. The van der Waals surface area contributed by atoms with Crippen molar-refractivity contribution in [3.63, 3.8) is 0 Å². The number of esters is 1. The number of nitro groups is 1. The summed E-state index contributed by atoms with van der Waals surface area (Å²) in [6.07, 6.45) is 6.20. The van der Waals surface area contributed by atoms with E-state index in [9.17, 15) is 19.7 Å². The first-order chi connectivity index (χ1) is 13.0. The van der Waals surface area contributed by atoms with Crippen molar-refractivity contribution in [3.05, 3.63) is 33.9 Å². The van der Waals surface area contributed by atoms with Gasteiger partial charge in [-0.1, -0.05) is 0 Å². The van der Waals surface area contributed by atoms with Crippen LogP contribution in [0.15, 0.2) is 18.2 Å². The second-order valence-corrected chi connectivity index (χ2v) is 9.55. The summed E-state index contributed by atoms with van der Waals surface area (Å²) in [7, 11) is 1.24. The monoisotopic (exact) mass is 438 g/mol. The van der Waals surface area contributed by atoms with Gasteiger partial charge in [-0.15, -0.1) is 0 Å². The van der Waals surface area contributed by atoms with Gasteiger partial charge >= 0.3 is 166 Å². The molecule has 1 aliphatic carbocycles. The predicted molar refractivity (Wildman–Crippen MR) is 105 cm³/mol. The van der Waals surface area contributed by atoms with Crippen LogP contribution in [0.4, 0.5) is 5.69 Å². The summed E-state index contributed by atoms with van der Waals surface area (Å²) in [5.74, 6) is -0.437. The van der Waals surface area contributed by atoms with Gasteiger partial charge in [0.2, 0.25) is 0 Å². The van der Waals surface area contributed by atoms with Crippen molar-refractivity contribution >= 4 is 37.7 Å². The molecule has 27 heavy (non-hydrogen) atoms. The van der Waals surface area contributed by atoms with Crippen LogP contribution in [-0.4, -0.2) is 57.1 Å². The molecule has 0 aromatic heterocycles. The van der Waals surface area contributed by atoms with E-state index < -0.39 is 26.6 Å². The fraction of sp³-hybridized carbons (Fsp3) is 0.579. The molecule has 0 N–H and O–H groups in total. The van der Waals surface area contributed by atoms with E-state index in [4.69, 9.17) is 0 Å². The fourth-order valence-electron chi connectivity index (χ4n) is 3.56. The van der Waals surface area contributed by atoms with E-state index in [1.54, 1.807) is 12.1 Å². The van der Waals surface area contributed by atoms with Crippen molar-refractivity contribution in [1.82, 2.24) is 4.90 Å². The third-order valence-electron chi connectivity index (χ3n) is 4.95. The molecule has 0 heterocycles. The molecule has 0 bridgehead atoms. The Morgan fingerprint density at radius 1 is 1.30 bits per heavy atom. The van der Waals surface area contributed by atoms with Crippen LogP contribution in [0.2, 0.25) is 5.21 Å². The summed E-state index contributed by atoms with van der Waals surface area (Å²) in [6.45, 7) is 2.73. The van der Waals surface area contributed by atoms with Crippen molar-refractivity contribution in [2.45, 2.75) is 56.7 Å². The van der Waals surface area contributed by atoms with Crippen LogP contribution in [-0.2, 0) is 9.53 Å². The second-order valence-electron chi connectivity index (χ2n) is 6.63.